The molecule has 0 fully saturated rings. The second kappa shape index (κ2) is 7.85. The van der Waals surface area contributed by atoms with E-state index in [9.17, 15) is 14.3 Å². The highest BCUT2D eigenvalue weighted by atomic mass is 19.1. The molecule has 0 aliphatic heterocycles. The second-order valence-corrected chi connectivity index (χ2v) is 5.18. The summed E-state index contributed by atoms with van der Waals surface area (Å²) in [5.74, 6) is -0.0173. The maximum absolute atomic E-state index is 13.2. The largest absolute Gasteiger partial charge is 0.483 e. The number of hydrogen-bond donors (Lipinski definition) is 2. The monoisotopic (exact) mass is 283 g/mol. The zero-order valence-corrected chi connectivity index (χ0v) is 12.1. The third-order valence-corrected chi connectivity index (χ3v) is 2.83. The van der Waals surface area contributed by atoms with Crippen molar-refractivity contribution in [1.82, 2.24) is 5.32 Å². The van der Waals surface area contributed by atoms with Gasteiger partial charge < -0.3 is 15.2 Å². The van der Waals surface area contributed by atoms with Gasteiger partial charge in [0.15, 0.2) is 6.61 Å². The quantitative estimate of drug-likeness (QED) is 0.808. The van der Waals surface area contributed by atoms with E-state index in [-0.39, 0.29) is 18.3 Å². The fourth-order valence-corrected chi connectivity index (χ4v) is 1.67. The van der Waals surface area contributed by atoms with Crippen molar-refractivity contribution in [1.29, 1.82) is 0 Å². The van der Waals surface area contributed by atoms with Gasteiger partial charge in [0.05, 0.1) is 6.10 Å². The zero-order valence-electron chi connectivity index (χ0n) is 12.1. The van der Waals surface area contributed by atoms with Gasteiger partial charge in [-0.15, -0.1) is 0 Å². The number of nitrogens with one attached hydrogen (secondary N) is 1. The SMILES string of the molecule is CC(C)CCNC(=O)COc1cc(F)ccc1C(C)O. The average Bonchev–Trinajstić information content (AvgIpc) is 2.35. The highest BCUT2D eigenvalue weighted by Crippen LogP contribution is 2.25. The van der Waals surface area contributed by atoms with E-state index in [4.69, 9.17) is 4.74 Å². The van der Waals surface area contributed by atoms with E-state index >= 15 is 0 Å². The molecule has 0 bridgehead atoms. The molecule has 5 heteroatoms. The summed E-state index contributed by atoms with van der Waals surface area (Å²) >= 11 is 0. The van der Waals surface area contributed by atoms with Crippen LogP contribution in [0.3, 0.4) is 0 Å². The smallest absolute Gasteiger partial charge is 0.257 e. The topological polar surface area (TPSA) is 58.6 Å². The predicted octanol–water partition coefficient (Wildman–Crippen LogP) is 2.42. The van der Waals surface area contributed by atoms with Crippen molar-refractivity contribution in [3.8, 4) is 5.75 Å². The van der Waals surface area contributed by atoms with Gasteiger partial charge in [0.25, 0.3) is 5.91 Å². The van der Waals surface area contributed by atoms with E-state index < -0.39 is 11.9 Å². The lowest BCUT2D eigenvalue weighted by Crippen LogP contribution is -2.30. The van der Waals surface area contributed by atoms with Gasteiger partial charge in [-0.2, -0.15) is 0 Å². The molecule has 0 aliphatic carbocycles. The summed E-state index contributed by atoms with van der Waals surface area (Å²) in [6.45, 7) is 6.10. The lowest BCUT2D eigenvalue weighted by Gasteiger charge is -2.13. The van der Waals surface area contributed by atoms with Crippen LogP contribution in [-0.4, -0.2) is 24.2 Å². The number of rotatable bonds is 7. The number of aliphatic hydroxyl groups excluding tert-OH is 1. The second-order valence-electron chi connectivity index (χ2n) is 5.18. The standard InChI is InChI=1S/C15H22FNO3/c1-10(2)6-7-17-15(19)9-20-14-8-12(16)4-5-13(14)11(3)18/h4-5,8,10-11,18H,6-7,9H2,1-3H3,(H,17,19). The molecule has 0 radical (unpaired) electrons. The first-order chi connectivity index (χ1) is 9.40. The molecule has 2 N–H and O–H groups in total. The average molecular weight is 283 g/mol. The van der Waals surface area contributed by atoms with Crippen molar-refractivity contribution in [2.75, 3.05) is 13.2 Å². The van der Waals surface area contributed by atoms with E-state index in [0.29, 0.717) is 18.0 Å². The van der Waals surface area contributed by atoms with E-state index in [2.05, 4.69) is 19.2 Å². The molecule has 112 valence electrons. The van der Waals surface area contributed by atoms with Crippen molar-refractivity contribution in [3.63, 3.8) is 0 Å². The highest BCUT2D eigenvalue weighted by molar-refractivity contribution is 5.77. The van der Waals surface area contributed by atoms with Crippen molar-refractivity contribution in [2.45, 2.75) is 33.3 Å². The lowest BCUT2D eigenvalue weighted by molar-refractivity contribution is -0.123. The molecule has 0 aromatic heterocycles. The molecule has 1 rings (SSSR count). The van der Waals surface area contributed by atoms with Gasteiger partial charge in [-0.1, -0.05) is 13.8 Å². The Morgan fingerprint density at radius 3 is 2.70 bits per heavy atom. The predicted molar refractivity (Wildman–Crippen MR) is 75.0 cm³/mol. The molecule has 0 spiro atoms. The number of amides is 1. The number of ether oxygens (including phenoxy) is 1. The maximum atomic E-state index is 13.2. The Labute approximate surface area is 119 Å². The fraction of sp³-hybridized carbons (Fsp3) is 0.533. The van der Waals surface area contributed by atoms with Gasteiger partial charge >= 0.3 is 0 Å². The van der Waals surface area contributed by atoms with Crippen LogP contribution in [0.1, 0.15) is 38.9 Å². The molecule has 1 amide bonds. The normalized spacial score (nSPS) is 12.3. The van der Waals surface area contributed by atoms with Crippen LogP contribution < -0.4 is 10.1 Å². The highest BCUT2D eigenvalue weighted by Gasteiger charge is 2.12. The van der Waals surface area contributed by atoms with Crippen LogP contribution in [0.2, 0.25) is 0 Å². The number of halogens is 1. The number of aliphatic hydroxyl groups is 1. The Bertz CT molecular complexity index is 447. The van der Waals surface area contributed by atoms with Crippen molar-refractivity contribution >= 4 is 5.91 Å². The summed E-state index contributed by atoms with van der Waals surface area (Å²) < 4.78 is 18.5. The molecule has 1 atom stereocenters. The number of carbonyl (C=O) groups excluding carboxylic acids is 1. The van der Waals surface area contributed by atoms with Crippen molar-refractivity contribution in [3.05, 3.63) is 29.6 Å². The molecule has 0 aliphatic rings. The molecule has 0 saturated carbocycles. The number of carbonyl (C=O) groups is 1. The first kappa shape index (κ1) is 16.4. The van der Waals surface area contributed by atoms with Crippen LogP contribution >= 0.6 is 0 Å². The van der Waals surface area contributed by atoms with E-state index in [1.807, 2.05) is 0 Å². The molecule has 1 unspecified atom stereocenters. The molecule has 20 heavy (non-hydrogen) atoms. The lowest BCUT2D eigenvalue weighted by atomic mass is 10.1. The van der Waals surface area contributed by atoms with Crippen LogP contribution in [0.25, 0.3) is 0 Å². The summed E-state index contributed by atoms with van der Waals surface area (Å²) in [6.07, 6.45) is 0.111. The van der Waals surface area contributed by atoms with E-state index in [0.717, 1.165) is 6.42 Å². The summed E-state index contributed by atoms with van der Waals surface area (Å²) in [4.78, 5) is 11.6. The van der Waals surface area contributed by atoms with Crippen LogP contribution in [0.5, 0.6) is 5.75 Å². The summed E-state index contributed by atoms with van der Waals surface area (Å²) in [6, 6.07) is 3.87. The van der Waals surface area contributed by atoms with Crippen LogP contribution in [0.15, 0.2) is 18.2 Å². The summed E-state index contributed by atoms with van der Waals surface area (Å²) in [7, 11) is 0. The molecule has 1 aromatic carbocycles. The molecule has 4 nitrogen and oxygen atoms in total. The Morgan fingerprint density at radius 2 is 2.10 bits per heavy atom. The van der Waals surface area contributed by atoms with Gasteiger partial charge in [0, 0.05) is 18.2 Å². The van der Waals surface area contributed by atoms with Gasteiger partial charge in [-0.3, -0.25) is 4.79 Å². The number of hydrogen-bond acceptors (Lipinski definition) is 3. The Hall–Kier alpha value is -1.62. The minimum Gasteiger partial charge on any atom is -0.483 e. The zero-order chi connectivity index (χ0) is 15.1. The van der Waals surface area contributed by atoms with Crippen LogP contribution in [-0.2, 0) is 4.79 Å². The van der Waals surface area contributed by atoms with Crippen molar-refractivity contribution < 1.29 is 19.0 Å². The summed E-state index contributed by atoms with van der Waals surface area (Å²) in [5, 5.41) is 12.3. The molecular formula is C15H22FNO3. The van der Waals surface area contributed by atoms with Gasteiger partial charge in [-0.25, -0.2) is 4.39 Å². The third kappa shape index (κ3) is 5.57. The Balaban J connectivity index is 2.52. The maximum Gasteiger partial charge on any atom is 0.257 e. The van der Waals surface area contributed by atoms with Crippen LogP contribution in [0.4, 0.5) is 4.39 Å². The first-order valence-corrected chi connectivity index (χ1v) is 6.77. The Morgan fingerprint density at radius 1 is 1.40 bits per heavy atom. The molecule has 0 saturated heterocycles. The number of benzene rings is 1. The van der Waals surface area contributed by atoms with Crippen molar-refractivity contribution in [2.24, 2.45) is 5.92 Å². The first-order valence-electron chi connectivity index (χ1n) is 6.77. The van der Waals surface area contributed by atoms with Gasteiger partial charge in [0.1, 0.15) is 11.6 Å². The summed E-state index contributed by atoms with van der Waals surface area (Å²) in [5.41, 5.74) is 0.460. The van der Waals surface area contributed by atoms with E-state index in [1.54, 1.807) is 6.92 Å². The molecule has 0 heterocycles. The molecular weight excluding hydrogens is 261 g/mol. The minimum atomic E-state index is -0.783. The Kier molecular flexibility index (Phi) is 6.45. The van der Waals surface area contributed by atoms with E-state index in [1.165, 1.54) is 18.2 Å². The van der Waals surface area contributed by atoms with Gasteiger partial charge in [0.2, 0.25) is 0 Å². The van der Waals surface area contributed by atoms with Crippen LogP contribution in [0, 0.1) is 11.7 Å². The van der Waals surface area contributed by atoms with Gasteiger partial charge in [-0.05, 0) is 31.4 Å². The molecule has 1 aromatic rings. The third-order valence-electron chi connectivity index (χ3n) is 2.83. The minimum absolute atomic E-state index is 0.193. The fourth-order valence-electron chi connectivity index (χ4n) is 1.67.